The van der Waals surface area contributed by atoms with E-state index < -0.39 is 0 Å². The molecule has 1 aliphatic rings. The van der Waals surface area contributed by atoms with Crippen LogP contribution < -0.4 is 0 Å². The Morgan fingerprint density at radius 2 is 2.50 bits per heavy atom. The first-order chi connectivity index (χ1) is 2.93. The molecular formula is C3H2In2O. The van der Waals surface area contributed by atoms with Crippen molar-refractivity contribution in [2.75, 3.05) is 0 Å². The number of carbonyl (C=O) groups is 1. The summed E-state index contributed by atoms with van der Waals surface area (Å²) in [6, 6.07) is 0. The SMILES string of the molecule is O=C[C]1=[CH][In]=[In]1. The van der Waals surface area contributed by atoms with Crippen LogP contribution in [0.25, 0.3) is 0 Å². The second-order valence-corrected chi connectivity index (χ2v) is 19.8. The van der Waals surface area contributed by atoms with Gasteiger partial charge in [0.2, 0.25) is 0 Å². The van der Waals surface area contributed by atoms with E-state index in [0.29, 0.717) is 0 Å². The third kappa shape index (κ3) is 1.06. The predicted octanol–water partition coefficient (Wildman–Crippen LogP) is -0.636. The Morgan fingerprint density at radius 1 is 1.83 bits per heavy atom. The molecule has 0 saturated heterocycles. The molecule has 0 fully saturated rings. The van der Waals surface area contributed by atoms with E-state index in [1.54, 1.807) is 0 Å². The van der Waals surface area contributed by atoms with E-state index in [1.165, 1.54) is 3.33 Å². The van der Waals surface area contributed by atoms with Crippen molar-refractivity contribution in [3.05, 3.63) is 7.16 Å². The summed E-state index contributed by atoms with van der Waals surface area (Å²) in [5, 5.41) is 0. The summed E-state index contributed by atoms with van der Waals surface area (Å²) in [5.74, 6) is 0. The number of hydrogen-bond donors (Lipinski definition) is 0. The van der Waals surface area contributed by atoms with Crippen molar-refractivity contribution in [3.8, 4) is 0 Å². The van der Waals surface area contributed by atoms with E-state index in [9.17, 15) is 4.79 Å². The quantitative estimate of drug-likeness (QED) is 0.586. The fourth-order valence-electron chi connectivity index (χ4n) is 0.286. The standard InChI is InChI=1S/C3H2O.2In/c1-2-3-4;;/h1,3H;;. The van der Waals surface area contributed by atoms with Gasteiger partial charge in [0, 0.05) is 0 Å². The van der Waals surface area contributed by atoms with Gasteiger partial charge in [0.05, 0.1) is 0 Å². The Kier molecular flexibility index (Phi) is 2.17. The molecule has 0 amide bonds. The van der Waals surface area contributed by atoms with Gasteiger partial charge >= 0.3 is 53.4 Å². The maximum atomic E-state index is 9.80. The molecule has 0 spiro atoms. The van der Waals surface area contributed by atoms with E-state index in [0.717, 1.165) is 6.29 Å². The van der Waals surface area contributed by atoms with E-state index in [4.69, 9.17) is 0 Å². The molecule has 1 heterocycles. The van der Waals surface area contributed by atoms with Gasteiger partial charge in [0.15, 0.2) is 0 Å². The monoisotopic (exact) mass is 284 g/mol. The molecule has 0 N–H and O–H groups in total. The maximum absolute atomic E-state index is 9.80. The average Bonchev–Trinajstić information content (AvgIpc) is 1.31. The molecule has 1 rings (SSSR count). The fraction of sp³-hybridized carbons (Fsp3) is 0. The van der Waals surface area contributed by atoms with Crippen LogP contribution in [0.15, 0.2) is 7.16 Å². The van der Waals surface area contributed by atoms with Crippen LogP contribution in [0, 0.1) is 0 Å². The molecule has 26 valence electrons. The van der Waals surface area contributed by atoms with Crippen LogP contribution in [-0.2, 0) is 4.79 Å². The summed E-state index contributed by atoms with van der Waals surface area (Å²) in [6.45, 7) is 0. The van der Waals surface area contributed by atoms with Crippen molar-refractivity contribution in [2.45, 2.75) is 0 Å². The van der Waals surface area contributed by atoms with Crippen LogP contribution in [0.4, 0.5) is 0 Å². The molecule has 0 aromatic rings. The molecule has 6 heavy (non-hydrogen) atoms. The van der Waals surface area contributed by atoms with Crippen molar-refractivity contribution >= 4 is 41.5 Å². The van der Waals surface area contributed by atoms with E-state index >= 15 is 0 Å². The average molecular weight is 284 g/mol. The number of aldehydes is 1. The zero-order valence-electron chi connectivity index (χ0n) is 3.22. The van der Waals surface area contributed by atoms with Crippen LogP contribution in [0.3, 0.4) is 0 Å². The minimum atomic E-state index is -0.163. The molecule has 0 unspecified atom stereocenters. The fourth-order valence-corrected chi connectivity index (χ4v) is 11.4. The van der Waals surface area contributed by atoms with Crippen LogP contribution in [0.1, 0.15) is 0 Å². The van der Waals surface area contributed by atoms with Crippen LogP contribution in [0.2, 0.25) is 0 Å². The molecule has 0 bridgehead atoms. The molecule has 1 aliphatic heterocycles. The van der Waals surface area contributed by atoms with E-state index in [1.807, 2.05) is 0 Å². The number of allylic oxidation sites excluding steroid dienone is 1. The summed E-state index contributed by atoms with van der Waals surface area (Å²) in [5.41, 5.74) is 0. The number of hydrogen-bond acceptors (Lipinski definition) is 1. The third-order valence-corrected chi connectivity index (χ3v) is 22.8. The van der Waals surface area contributed by atoms with Gasteiger partial charge in [-0.3, -0.25) is 0 Å². The third-order valence-electron chi connectivity index (χ3n) is 0.713. The van der Waals surface area contributed by atoms with Crippen LogP contribution in [0.5, 0.6) is 0 Å². The van der Waals surface area contributed by atoms with Crippen molar-refractivity contribution in [2.24, 2.45) is 0 Å². The van der Waals surface area contributed by atoms with Crippen LogP contribution in [-0.4, -0.2) is 41.5 Å². The van der Waals surface area contributed by atoms with Crippen molar-refractivity contribution in [1.29, 1.82) is 0 Å². The zero-order chi connectivity index (χ0) is 4.41. The first-order valence-electron chi connectivity index (χ1n) is 1.77. The first kappa shape index (κ1) is 5.29. The topological polar surface area (TPSA) is 17.1 Å². The Morgan fingerprint density at radius 3 is 2.50 bits per heavy atom. The Bertz CT molecular complexity index is 121. The zero-order valence-corrected chi connectivity index (χ0v) is 9.81. The second-order valence-electron chi connectivity index (χ2n) is 1.14. The van der Waals surface area contributed by atoms with Gasteiger partial charge in [-0.15, -0.1) is 0 Å². The van der Waals surface area contributed by atoms with Gasteiger partial charge in [0.1, 0.15) is 0 Å². The number of carbonyl (C=O) groups excluding carboxylic acids is 1. The molecule has 0 aromatic carbocycles. The molecule has 3 heteroatoms. The van der Waals surface area contributed by atoms with Gasteiger partial charge in [-0.1, -0.05) is 0 Å². The van der Waals surface area contributed by atoms with Crippen molar-refractivity contribution in [3.63, 3.8) is 0 Å². The summed E-state index contributed by atoms with van der Waals surface area (Å²) >= 11 is -0.170. The molecule has 0 saturated carbocycles. The van der Waals surface area contributed by atoms with Gasteiger partial charge in [0.25, 0.3) is 0 Å². The Hall–Kier alpha value is 1.15. The van der Waals surface area contributed by atoms with Crippen LogP contribution >= 0.6 is 0 Å². The summed E-state index contributed by atoms with van der Waals surface area (Å²) < 4.78 is 3.47. The second kappa shape index (κ2) is 2.46. The molecule has 0 aliphatic carbocycles. The normalized spacial score (nSPS) is 13.0. The van der Waals surface area contributed by atoms with Gasteiger partial charge < -0.3 is 0 Å². The van der Waals surface area contributed by atoms with E-state index in [2.05, 4.69) is 3.83 Å². The summed E-state index contributed by atoms with van der Waals surface area (Å²) in [6.07, 6.45) is 1.05. The summed E-state index contributed by atoms with van der Waals surface area (Å²) in [7, 11) is 0. The van der Waals surface area contributed by atoms with Gasteiger partial charge in [-0.2, -0.15) is 0 Å². The Labute approximate surface area is 52.8 Å². The first-order valence-corrected chi connectivity index (χ1v) is 20.0. The molecule has 0 aromatic heterocycles. The van der Waals surface area contributed by atoms with E-state index in [-0.39, 0.29) is 35.2 Å². The van der Waals surface area contributed by atoms with Gasteiger partial charge in [-0.25, -0.2) is 0 Å². The predicted molar refractivity (Wildman–Crippen MR) is 25.7 cm³/mol. The minimum absolute atomic E-state index is 0.00711. The number of rotatable bonds is 1. The molecule has 0 atom stereocenters. The molecular weight excluding hydrogens is 282 g/mol. The Balaban J connectivity index is 2.57. The summed E-state index contributed by atoms with van der Waals surface area (Å²) in [4.78, 5) is 9.80. The molecule has 0 radical (unpaired) electrons. The van der Waals surface area contributed by atoms with Crippen molar-refractivity contribution < 1.29 is 4.79 Å². The molecule has 1 nitrogen and oxygen atoms in total. The van der Waals surface area contributed by atoms with Gasteiger partial charge in [-0.05, 0) is 0 Å². The van der Waals surface area contributed by atoms with Crippen molar-refractivity contribution in [1.82, 2.24) is 0 Å².